The average molecular weight is 381 g/mol. The number of methoxy groups -OCH3 is 1. The van der Waals surface area contributed by atoms with Gasteiger partial charge in [-0.15, -0.1) is 0 Å². The van der Waals surface area contributed by atoms with Gasteiger partial charge in [-0.05, 0) is 49.5 Å². The van der Waals surface area contributed by atoms with E-state index in [0.717, 1.165) is 12.3 Å². The van der Waals surface area contributed by atoms with Gasteiger partial charge in [0.25, 0.3) is 0 Å². The van der Waals surface area contributed by atoms with Crippen LogP contribution in [-0.4, -0.2) is 69.3 Å². The molecule has 0 unspecified atom stereocenters. The molecule has 3 atom stereocenters. The molecule has 7 heteroatoms. The van der Waals surface area contributed by atoms with E-state index in [0.29, 0.717) is 36.9 Å². The van der Waals surface area contributed by atoms with E-state index in [9.17, 15) is 4.79 Å². The Labute approximate surface area is 165 Å². The Kier molecular flexibility index (Phi) is 4.55. The van der Waals surface area contributed by atoms with Gasteiger partial charge in [0.05, 0.1) is 19.7 Å². The molecule has 4 fully saturated rings. The number of amides is 1. The highest BCUT2D eigenvalue weighted by Gasteiger charge is 2.54. The van der Waals surface area contributed by atoms with E-state index < -0.39 is 0 Å². The van der Waals surface area contributed by atoms with E-state index in [1.165, 1.54) is 37.8 Å². The maximum atomic E-state index is 13.2. The predicted molar refractivity (Wildman–Crippen MR) is 104 cm³/mol. The number of benzene rings is 1. The zero-order valence-corrected chi connectivity index (χ0v) is 16.3. The van der Waals surface area contributed by atoms with Crippen molar-refractivity contribution in [3.63, 3.8) is 0 Å². The van der Waals surface area contributed by atoms with Crippen LogP contribution in [0.4, 0.5) is 0 Å². The highest BCUT2D eigenvalue weighted by atomic mass is 16.5. The molecule has 148 valence electrons. The molecule has 4 aliphatic rings. The highest BCUT2D eigenvalue weighted by molar-refractivity contribution is 5.77. The minimum atomic E-state index is 0.246. The predicted octanol–water partition coefficient (Wildman–Crippen LogP) is 1.77. The molecule has 0 aliphatic carbocycles. The van der Waals surface area contributed by atoms with Crippen molar-refractivity contribution in [3.05, 3.63) is 42.5 Å². The molecule has 4 saturated heterocycles. The van der Waals surface area contributed by atoms with Crippen LogP contribution >= 0.6 is 0 Å². The van der Waals surface area contributed by atoms with E-state index in [1.54, 1.807) is 18.1 Å². The molecule has 1 aromatic heterocycles. The topological polar surface area (TPSA) is 63.5 Å². The maximum absolute atomic E-state index is 13.2. The van der Waals surface area contributed by atoms with Crippen molar-refractivity contribution in [3.8, 4) is 5.75 Å². The van der Waals surface area contributed by atoms with Gasteiger partial charge >= 0.3 is 0 Å². The van der Waals surface area contributed by atoms with Gasteiger partial charge in [0.2, 0.25) is 5.91 Å². The summed E-state index contributed by atoms with van der Waals surface area (Å²) >= 11 is 0. The molecule has 1 aromatic carbocycles. The monoisotopic (exact) mass is 381 g/mol. The van der Waals surface area contributed by atoms with E-state index in [2.05, 4.69) is 32.0 Å². The Morgan fingerprint density at radius 3 is 2.64 bits per heavy atom. The number of aryl methyl sites for hydroxylation is 1. The van der Waals surface area contributed by atoms with Gasteiger partial charge in [0.1, 0.15) is 18.4 Å². The van der Waals surface area contributed by atoms with Gasteiger partial charge < -0.3 is 9.64 Å². The molecular formula is C21H27N5O2. The third-order valence-corrected chi connectivity index (χ3v) is 6.88. The van der Waals surface area contributed by atoms with Crippen LogP contribution in [0.2, 0.25) is 0 Å². The summed E-state index contributed by atoms with van der Waals surface area (Å²) in [6, 6.07) is 9.21. The lowest BCUT2D eigenvalue weighted by Gasteiger charge is -2.51. The van der Waals surface area contributed by atoms with Gasteiger partial charge in [0.15, 0.2) is 0 Å². The summed E-state index contributed by atoms with van der Waals surface area (Å²) in [5.41, 5.74) is 1.31. The van der Waals surface area contributed by atoms with Crippen LogP contribution in [0.5, 0.6) is 5.75 Å². The van der Waals surface area contributed by atoms with Crippen molar-refractivity contribution in [2.75, 3.05) is 26.7 Å². The molecule has 7 nitrogen and oxygen atoms in total. The van der Waals surface area contributed by atoms with Crippen molar-refractivity contribution in [2.24, 2.45) is 5.92 Å². The van der Waals surface area contributed by atoms with Gasteiger partial charge in [-0.25, -0.2) is 4.98 Å². The average Bonchev–Trinajstić information content (AvgIpc) is 3.42. The molecule has 0 radical (unpaired) electrons. The summed E-state index contributed by atoms with van der Waals surface area (Å²) in [7, 11) is 1.70. The fraction of sp³-hybridized carbons (Fsp3) is 0.571. The van der Waals surface area contributed by atoms with Gasteiger partial charge in [-0.1, -0.05) is 12.1 Å². The lowest BCUT2D eigenvalue weighted by Crippen LogP contribution is -2.60. The minimum absolute atomic E-state index is 0.246. The fourth-order valence-electron chi connectivity index (χ4n) is 5.55. The van der Waals surface area contributed by atoms with Crippen molar-refractivity contribution in [1.29, 1.82) is 0 Å². The van der Waals surface area contributed by atoms with Crippen LogP contribution in [-0.2, 0) is 11.3 Å². The molecule has 5 heterocycles. The fourth-order valence-corrected chi connectivity index (χ4v) is 5.55. The van der Waals surface area contributed by atoms with Gasteiger partial charge in [-0.3, -0.25) is 14.4 Å². The van der Waals surface area contributed by atoms with E-state index in [-0.39, 0.29) is 5.91 Å². The molecule has 6 rings (SSSR count). The van der Waals surface area contributed by atoms with Crippen molar-refractivity contribution in [2.45, 2.75) is 43.8 Å². The van der Waals surface area contributed by atoms with Crippen molar-refractivity contribution in [1.82, 2.24) is 24.6 Å². The van der Waals surface area contributed by atoms with Crippen molar-refractivity contribution >= 4 is 5.91 Å². The molecule has 4 aliphatic heterocycles. The number of hydrogen-bond acceptors (Lipinski definition) is 5. The van der Waals surface area contributed by atoms with E-state index in [1.807, 2.05) is 12.1 Å². The molecule has 28 heavy (non-hydrogen) atoms. The number of ether oxygens (including phenoxy) is 1. The first-order chi connectivity index (χ1) is 13.7. The standard InChI is InChI=1S/C21H27N5O2/c1-28-17-4-2-15(3-5-17)18-12-26(19(27)8-11-25-14-22-13-23-25)20-16-6-9-24(10-7-16)21(18)20/h2-5,13-14,16,18,20-21H,6-12H2,1H3/t18-,20+,21+/m0/s1. The lowest BCUT2D eigenvalue weighted by atomic mass is 9.75. The Bertz CT molecular complexity index is 814. The first-order valence-electron chi connectivity index (χ1n) is 10.2. The number of hydrogen-bond donors (Lipinski definition) is 0. The zero-order valence-electron chi connectivity index (χ0n) is 16.3. The summed E-state index contributed by atoms with van der Waals surface area (Å²) in [6.45, 7) is 3.73. The summed E-state index contributed by atoms with van der Waals surface area (Å²) in [6.07, 6.45) is 6.10. The van der Waals surface area contributed by atoms with Crippen LogP contribution in [0.3, 0.4) is 0 Å². The van der Waals surface area contributed by atoms with Crippen LogP contribution < -0.4 is 4.74 Å². The Hall–Kier alpha value is -2.41. The molecule has 0 saturated carbocycles. The lowest BCUT2D eigenvalue weighted by molar-refractivity contribution is -0.136. The molecule has 1 amide bonds. The third kappa shape index (κ3) is 2.98. The summed E-state index contributed by atoms with van der Waals surface area (Å²) in [5, 5.41) is 4.13. The molecule has 0 spiro atoms. The maximum Gasteiger partial charge on any atom is 0.224 e. The normalized spacial score (nSPS) is 31.0. The first kappa shape index (κ1) is 17.7. The zero-order chi connectivity index (χ0) is 19.1. The second-order valence-corrected chi connectivity index (χ2v) is 8.19. The first-order valence-corrected chi connectivity index (χ1v) is 10.2. The smallest absolute Gasteiger partial charge is 0.224 e. The Balaban J connectivity index is 1.39. The van der Waals surface area contributed by atoms with Crippen LogP contribution in [0.15, 0.2) is 36.9 Å². The van der Waals surface area contributed by atoms with Gasteiger partial charge in [0, 0.05) is 24.9 Å². The number of aromatic nitrogens is 3. The molecule has 2 bridgehead atoms. The highest BCUT2D eigenvalue weighted by Crippen LogP contribution is 2.46. The molecule has 2 aromatic rings. The SMILES string of the molecule is COc1ccc([C@@H]2CN(C(=O)CCn3cncn3)[C@@H]3C4CCN(CC4)[C@@H]32)cc1. The van der Waals surface area contributed by atoms with Crippen LogP contribution in [0.25, 0.3) is 0 Å². The van der Waals surface area contributed by atoms with Crippen molar-refractivity contribution < 1.29 is 9.53 Å². The van der Waals surface area contributed by atoms with E-state index >= 15 is 0 Å². The number of nitrogens with zero attached hydrogens (tertiary/aromatic N) is 5. The number of carbonyl (C=O) groups excluding carboxylic acids is 1. The summed E-state index contributed by atoms with van der Waals surface area (Å²) in [5.74, 6) is 2.13. The molecular weight excluding hydrogens is 354 g/mol. The largest absolute Gasteiger partial charge is 0.497 e. The minimum Gasteiger partial charge on any atom is -0.497 e. The van der Waals surface area contributed by atoms with E-state index in [4.69, 9.17) is 4.74 Å². The second-order valence-electron chi connectivity index (χ2n) is 8.19. The number of carbonyl (C=O) groups is 1. The van der Waals surface area contributed by atoms with Crippen LogP contribution in [0, 0.1) is 5.92 Å². The van der Waals surface area contributed by atoms with Gasteiger partial charge in [-0.2, -0.15) is 5.10 Å². The summed E-state index contributed by atoms with van der Waals surface area (Å²) in [4.78, 5) is 22.0. The number of fused-ring (bicyclic) bond motifs is 2. The summed E-state index contributed by atoms with van der Waals surface area (Å²) < 4.78 is 7.07. The van der Waals surface area contributed by atoms with Crippen LogP contribution in [0.1, 0.15) is 30.7 Å². The Morgan fingerprint density at radius 2 is 1.96 bits per heavy atom. The molecule has 0 N–H and O–H groups in total. The number of likely N-dealkylation sites (tertiary alicyclic amines) is 1. The Morgan fingerprint density at radius 1 is 1.18 bits per heavy atom. The second kappa shape index (κ2) is 7.20. The third-order valence-electron chi connectivity index (χ3n) is 6.88. The quantitative estimate of drug-likeness (QED) is 0.790. The number of rotatable bonds is 5. The number of piperidine rings is 3.